The van der Waals surface area contributed by atoms with Crippen molar-refractivity contribution in [1.29, 1.82) is 0 Å². The Morgan fingerprint density at radius 2 is 1.56 bits per heavy atom. The van der Waals surface area contributed by atoms with Crippen molar-refractivity contribution >= 4 is 10.1 Å². The summed E-state index contributed by atoms with van der Waals surface area (Å²) in [4.78, 5) is 0. The summed E-state index contributed by atoms with van der Waals surface area (Å²) in [6.45, 7) is 1.69. The van der Waals surface area contributed by atoms with Crippen LogP contribution in [0.25, 0.3) is 0 Å². The number of phenolic OH excluding ortho intramolecular Hbond substituents is 2. The van der Waals surface area contributed by atoms with Crippen molar-refractivity contribution in [2.24, 2.45) is 0 Å². The second-order valence-corrected chi connectivity index (χ2v) is 4.35. The Hall–Kier alpha value is -0.270. The van der Waals surface area contributed by atoms with Crippen molar-refractivity contribution in [3.8, 4) is 11.5 Å². The molecule has 0 aliphatic rings. The van der Waals surface area contributed by atoms with Crippen LogP contribution in [0.4, 0.5) is 0 Å². The van der Waals surface area contributed by atoms with Gasteiger partial charge in [0.15, 0.2) is 11.5 Å². The van der Waals surface area contributed by atoms with Gasteiger partial charge >= 0.3 is 29.6 Å². The zero-order valence-electron chi connectivity index (χ0n) is 10.3. The van der Waals surface area contributed by atoms with Crippen molar-refractivity contribution in [3.05, 3.63) is 24.3 Å². The quantitative estimate of drug-likeness (QED) is 0.341. The molecule has 0 heterocycles. The maximum Gasteiger partial charge on any atom is 1.00 e. The van der Waals surface area contributed by atoms with Crippen LogP contribution in [0.1, 0.15) is 14.8 Å². The molecule has 0 aliphatic carbocycles. The summed E-state index contributed by atoms with van der Waals surface area (Å²) in [6.07, 6.45) is 0.471. The molecule has 1 aromatic rings. The molecule has 3 N–H and O–H groups in total. The van der Waals surface area contributed by atoms with Gasteiger partial charge in [-0.2, -0.15) is 8.42 Å². The van der Waals surface area contributed by atoms with Crippen molar-refractivity contribution in [2.45, 2.75) is 13.3 Å². The summed E-state index contributed by atoms with van der Waals surface area (Å²) in [5.41, 5.74) is 0. The zero-order valence-corrected chi connectivity index (χ0v) is 12.1. The molecule has 0 aliphatic heterocycles. The molecule has 0 aromatic heterocycles. The maximum atomic E-state index is 9.79. The molecule has 0 bridgehead atoms. The standard InChI is InChI=1S/C6H6O2.C3H8O3S.Na.H/c7-5-3-1-2-4-6(5)8;1-2-3-7(4,5)6;;/h1-4,7-8H;2-3H2,1H3,(H,4,5,6);;/q;;+1;-1. The molecule has 7 heteroatoms. The molecule has 0 fully saturated rings. The van der Waals surface area contributed by atoms with Gasteiger partial charge in [0.1, 0.15) is 0 Å². The van der Waals surface area contributed by atoms with Crippen LogP contribution in [0, 0.1) is 0 Å². The van der Waals surface area contributed by atoms with Gasteiger partial charge in [0, 0.05) is 0 Å². The summed E-state index contributed by atoms with van der Waals surface area (Å²) in [5.74, 6) is -0.285. The predicted molar refractivity (Wildman–Crippen MR) is 57.6 cm³/mol. The minimum atomic E-state index is -3.67. The van der Waals surface area contributed by atoms with Crippen LogP contribution in [-0.2, 0) is 10.1 Å². The van der Waals surface area contributed by atoms with E-state index < -0.39 is 10.1 Å². The zero-order chi connectivity index (χ0) is 11.9. The minimum absolute atomic E-state index is 0. The van der Waals surface area contributed by atoms with Crippen molar-refractivity contribution in [1.82, 2.24) is 0 Å². The van der Waals surface area contributed by atoms with Crippen molar-refractivity contribution < 1.29 is 54.2 Å². The Morgan fingerprint density at radius 1 is 1.19 bits per heavy atom. The van der Waals surface area contributed by atoms with E-state index >= 15 is 0 Å². The normalized spacial score (nSPS) is 9.62. The van der Waals surface area contributed by atoms with Gasteiger partial charge in [0.2, 0.25) is 0 Å². The van der Waals surface area contributed by atoms with E-state index in [2.05, 4.69) is 0 Å². The molecular weight excluding hydrogens is 243 g/mol. The molecule has 16 heavy (non-hydrogen) atoms. The number of benzene rings is 1. The average molecular weight is 258 g/mol. The second kappa shape index (κ2) is 8.83. The molecule has 0 spiro atoms. The molecule has 5 nitrogen and oxygen atoms in total. The predicted octanol–water partition coefficient (Wildman–Crippen LogP) is -1.50. The Bertz CT molecular complexity index is 375. The first-order valence-electron chi connectivity index (χ1n) is 4.29. The molecule has 1 rings (SSSR count). The van der Waals surface area contributed by atoms with Gasteiger partial charge in [-0.25, -0.2) is 0 Å². The topological polar surface area (TPSA) is 94.8 Å². The van der Waals surface area contributed by atoms with E-state index in [9.17, 15) is 8.42 Å². The summed E-state index contributed by atoms with van der Waals surface area (Å²) >= 11 is 0. The van der Waals surface area contributed by atoms with Crippen LogP contribution in [0.3, 0.4) is 0 Å². The largest absolute Gasteiger partial charge is 1.00 e. The smallest absolute Gasteiger partial charge is 1.00 e. The Morgan fingerprint density at radius 3 is 1.69 bits per heavy atom. The first-order valence-corrected chi connectivity index (χ1v) is 5.90. The van der Waals surface area contributed by atoms with Gasteiger partial charge < -0.3 is 11.6 Å². The third-order valence-electron chi connectivity index (χ3n) is 1.34. The molecule has 0 radical (unpaired) electrons. The van der Waals surface area contributed by atoms with Crippen LogP contribution < -0.4 is 29.6 Å². The molecule has 0 atom stereocenters. The van der Waals surface area contributed by atoms with Gasteiger partial charge in [-0.15, -0.1) is 0 Å². The number of hydrogen-bond donors (Lipinski definition) is 3. The van der Waals surface area contributed by atoms with Crippen LogP contribution in [0.2, 0.25) is 0 Å². The molecule has 0 saturated heterocycles. The second-order valence-electron chi connectivity index (χ2n) is 2.77. The number of rotatable bonds is 2. The summed E-state index contributed by atoms with van der Waals surface area (Å²) < 4.78 is 27.6. The Labute approximate surface area is 119 Å². The SMILES string of the molecule is CCCS(=O)(=O)O.Oc1ccccc1O.[H-].[Na+]. The van der Waals surface area contributed by atoms with E-state index in [1.807, 2.05) is 0 Å². The molecule has 0 saturated carbocycles. The fourth-order valence-electron chi connectivity index (χ4n) is 0.722. The van der Waals surface area contributed by atoms with E-state index in [0.717, 1.165) is 0 Å². The number of aromatic hydroxyl groups is 2. The van der Waals surface area contributed by atoms with E-state index in [1.54, 1.807) is 19.1 Å². The van der Waals surface area contributed by atoms with Gasteiger partial charge in [0.05, 0.1) is 5.75 Å². The van der Waals surface area contributed by atoms with Gasteiger partial charge in [-0.05, 0) is 18.6 Å². The van der Waals surface area contributed by atoms with Gasteiger partial charge in [0.25, 0.3) is 10.1 Å². The molecule has 88 valence electrons. The van der Waals surface area contributed by atoms with Crippen molar-refractivity contribution in [3.63, 3.8) is 0 Å². The molecule has 0 unspecified atom stereocenters. The number of phenols is 2. The fourth-order valence-corrected chi connectivity index (χ4v) is 1.24. The third kappa shape index (κ3) is 10.3. The average Bonchev–Trinajstić information content (AvgIpc) is 2.09. The molecular formula is C9H15NaO5S. The van der Waals surface area contributed by atoms with E-state index in [-0.39, 0.29) is 48.2 Å². The summed E-state index contributed by atoms with van der Waals surface area (Å²) in [7, 11) is -3.67. The van der Waals surface area contributed by atoms with Crippen LogP contribution in [0.5, 0.6) is 11.5 Å². The monoisotopic (exact) mass is 258 g/mol. The van der Waals surface area contributed by atoms with Gasteiger partial charge in [-0.1, -0.05) is 19.1 Å². The fraction of sp³-hybridized carbons (Fsp3) is 0.333. The molecule has 0 amide bonds. The summed E-state index contributed by atoms with van der Waals surface area (Å²) in [6, 6.07) is 6.15. The number of para-hydroxylation sites is 2. The van der Waals surface area contributed by atoms with E-state index in [4.69, 9.17) is 14.8 Å². The van der Waals surface area contributed by atoms with Gasteiger partial charge in [-0.3, -0.25) is 4.55 Å². The number of hydrogen-bond acceptors (Lipinski definition) is 4. The maximum absolute atomic E-state index is 9.79. The van der Waals surface area contributed by atoms with Crippen LogP contribution >= 0.6 is 0 Å². The first-order chi connectivity index (χ1) is 6.87. The van der Waals surface area contributed by atoms with Crippen LogP contribution in [0.15, 0.2) is 24.3 Å². The Kier molecular flexibility index (Phi) is 10.00. The van der Waals surface area contributed by atoms with E-state index in [0.29, 0.717) is 6.42 Å². The third-order valence-corrected chi connectivity index (χ3v) is 2.27. The molecule has 1 aromatic carbocycles. The van der Waals surface area contributed by atoms with Crippen LogP contribution in [-0.4, -0.2) is 28.9 Å². The minimum Gasteiger partial charge on any atom is -1.00 e. The Balaban J connectivity index is -0.000000208. The first kappa shape index (κ1) is 18.1. The summed E-state index contributed by atoms with van der Waals surface area (Å²) in [5, 5.41) is 17.3. The van der Waals surface area contributed by atoms with Crippen molar-refractivity contribution in [2.75, 3.05) is 5.75 Å². The van der Waals surface area contributed by atoms with E-state index in [1.165, 1.54) is 12.1 Å².